The Balaban J connectivity index is 1.85. The van der Waals surface area contributed by atoms with Crippen LogP contribution in [0.3, 0.4) is 0 Å². The number of carbonyl (C=O) groups is 1. The topological polar surface area (TPSA) is 17.1 Å². The van der Waals surface area contributed by atoms with Crippen molar-refractivity contribution in [3.63, 3.8) is 0 Å². The third kappa shape index (κ3) is 3.82. The highest BCUT2D eigenvalue weighted by Gasteiger charge is 2.36. The fourth-order valence-corrected chi connectivity index (χ4v) is 3.97. The molecular formula is C25H30O. The molecule has 0 aromatic heterocycles. The van der Waals surface area contributed by atoms with Gasteiger partial charge in [-0.1, -0.05) is 75.4 Å². The summed E-state index contributed by atoms with van der Waals surface area (Å²) < 4.78 is 0. The molecule has 1 aliphatic carbocycles. The second kappa shape index (κ2) is 7.23. The van der Waals surface area contributed by atoms with Crippen molar-refractivity contribution in [2.24, 2.45) is 10.8 Å². The van der Waals surface area contributed by atoms with Gasteiger partial charge in [-0.15, -0.1) is 6.58 Å². The molecule has 2 aromatic rings. The van der Waals surface area contributed by atoms with Crippen molar-refractivity contribution in [2.75, 3.05) is 0 Å². The van der Waals surface area contributed by atoms with Gasteiger partial charge in [0.15, 0.2) is 5.78 Å². The second-order valence-electron chi connectivity index (χ2n) is 8.68. The Morgan fingerprint density at radius 1 is 1.12 bits per heavy atom. The van der Waals surface area contributed by atoms with Gasteiger partial charge in [-0.3, -0.25) is 4.79 Å². The first-order valence-electron chi connectivity index (χ1n) is 9.68. The molecule has 0 saturated heterocycles. The van der Waals surface area contributed by atoms with Gasteiger partial charge in [0.05, 0.1) is 0 Å². The summed E-state index contributed by atoms with van der Waals surface area (Å²) in [6, 6.07) is 17.0. The second-order valence-corrected chi connectivity index (χ2v) is 8.68. The van der Waals surface area contributed by atoms with Gasteiger partial charge in [0.1, 0.15) is 0 Å². The zero-order chi connectivity index (χ0) is 18.8. The first kappa shape index (κ1) is 18.6. The molecule has 3 rings (SSSR count). The minimum Gasteiger partial charge on any atom is -0.294 e. The summed E-state index contributed by atoms with van der Waals surface area (Å²) in [5, 5.41) is 0. The summed E-state index contributed by atoms with van der Waals surface area (Å²) in [7, 11) is 0. The molecule has 0 fully saturated rings. The number of allylic oxidation sites excluding steroid dienone is 1. The summed E-state index contributed by atoms with van der Waals surface area (Å²) in [5.41, 5.74) is 4.48. The van der Waals surface area contributed by atoms with E-state index in [-0.39, 0.29) is 10.8 Å². The fraction of sp³-hybridized carbons (Fsp3) is 0.400. The lowest BCUT2D eigenvalue weighted by molar-refractivity contribution is 0.0809. The Kier molecular flexibility index (Phi) is 5.18. The van der Waals surface area contributed by atoms with Crippen molar-refractivity contribution < 1.29 is 4.79 Å². The molecule has 1 aliphatic rings. The molecule has 2 aromatic carbocycles. The molecule has 1 nitrogen and oxygen atoms in total. The van der Waals surface area contributed by atoms with Crippen LogP contribution in [0.1, 0.15) is 60.7 Å². The lowest BCUT2D eigenvalue weighted by Crippen LogP contribution is -2.32. The van der Waals surface area contributed by atoms with E-state index in [1.807, 2.05) is 0 Å². The average molecular weight is 347 g/mol. The van der Waals surface area contributed by atoms with Crippen LogP contribution in [0.15, 0.2) is 61.2 Å². The van der Waals surface area contributed by atoms with Crippen molar-refractivity contribution in [2.45, 2.75) is 52.9 Å². The van der Waals surface area contributed by atoms with E-state index in [0.29, 0.717) is 5.78 Å². The van der Waals surface area contributed by atoms with E-state index in [0.717, 1.165) is 37.7 Å². The monoisotopic (exact) mass is 346 g/mol. The van der Waals surface area contributed by atoms with Gasteiger partial charge >= 0.3 is 0 Å². The maximum Gasteiger partial charge on any atom is 0.169 e. The van der Waals surface area contributed by atoms with Crippen LogP contribution in [0.2, 0.25) is 0 Å². The van der Waals surface area contributed by atoms with Gasteiger partial charge in [-0.25, -0.2) is 0 Å². The highest BCUT2D eigenvalue weighted by Crippen LogP contribution is 2.39. The van der Waals surface area contributed by atoms with Crippen molar-refractivity contribution in [1.29, 1.82) is 0 Å². The molecule has 0 spiro atoms. The Labute approximate surface area is 158 Å². The molecule has 1 atom stereocenters. The summed E-state index contributed by atoms with van der Waals surface area (Å²) in [5.74, 6) is 0.309. The number of ketones is 1. The van der Waals surface area contributed by atoms with Crippen LogP contribution in [-0.2, 0) is 19.3 Å². The van der Waals surface area contributed by atoms with Crippen molar-refractivity contribution >= 4 is 5.78 Å². The number of fused-ring (bicyclic) bond motifs is 1. The minimum absolute atomic E-state index is 0.0210. The summed E-state index contributed by atoms with van der Waals surface area (Å²) in [4.78, 5) is 13.1. The largest absolute Gasteiger partial charge is 0.294 e. The minimum atomic E-state index is -0.252. The summed E-state index contributed by atoms with van der Waals surface area (Å²) in [6.45, 7) is 10.5. The van der Waals surface area contributed by atoms with Crippen LogP contribution in [0, 0.1) is 10.8 Å². The molecular weight excluding hydrogens is 316 g/mol. The van der Waals surface area contributed by atoms with Crippen molar-refractivity contribution in [3.05, 3.63) is 83.4 Å². The van der Waals surface area contributed by atoms with E-state index in [1.54, 1.807) is 0 Å². The molecule has 0 aliphatic heterocycles. The zero-order valence-corrected chi connectivity index (χ0v) is 16.3. The molecule has 1 heteroatoms. The molecule has 0 radical (unpaired) electrons. The maximum absolute atomic E-state index is 13.1. The Morgan fingerprint density at radius 3 is 2.54 bits per heavy atom. The Morgan fingerprint density at radius 2 is 1.85 bits per heavy atom. The third-order valence-corrected chi connectivity index (χ3v) is 6.01. The van der Waals surface area contributed by atoms with Gasteiger partial charge in [-0.05, 0) is 54.2 Å². The van der Waals surface area contributed by atoms with Crippen LogP contribution < -0.4 is 0 Å². The summed E-state index contributed by atoms with van der Waals surface area (Å²) in [6.07, 6.45) is 6.94. The van der Waals surface area contributed by atoms with Gasteiger partial charge in [0.2, 0.25) is 0 Å². The first-order valence-corrected chi connectivity index (χ1v) is 9.68. The maximum atomic E-state index is 13.1. The Hall–Kier alpha value is -2.15. The number of hydrogen-bond donors (Lipinski definition) is 0. The predicted molar refractivity (Wildman–Crippen MR) is 110 cm³/mol. The van der Waals surface area contributed by atoms with E-state index in [2.05, 4.69) is 82.0 Å². The van der Waals surface area contributed by atoms with Crippen LogP contribution in [-0.4, -0.2) is 5.78 Å². The van der Waals surface area contributed by atoms with Crippen LogP contribution >= 0.6 is 0 Å². The number of benzene rings is 2. The molecule has 0 amide bonds. The predicted octanol–water partition coefficient (Wildman–Crippen LogP) is 6.21. The molecule has 26 heavy (non-hydrogen) atoms. The van der Waals surface area contributed by atoms with Crippen LogP contribution in [0.5, 0.6) is 0 Å². The first-order chi connectivity index (χ1) is 12.3. The molecule has 0 saturated carbocycles. The Bertz CT molecular complexity index is 800. The van der Waals surface area contributed by atoms with Gasteiger partial charge in [0, 0.05) is 11.0 Å². The zero-order valence-electron chi connectivity index (χ0n) is 16.3. The van der Waals surface area contributed by atoms with E-state index in [4.69, 9.17) is 0 Å². The highest BCUT2D eigenvalue weighted by molar-refractivity contribution is 6.03. The van der Waals surface area contributed by atoms with Crippen LogP contribution in [0.25, 0.3) is 0 Å². The average Bonchev–Trinajstić information content (AvgIpc) is 2.64. The number of aryl methyl sites for hydroxylation is 2. The van der Waals surface area contributed by atoms with Crippen LogP contribution in [0.4, 0.5) is 0 Å². The van der Waals surface area contributed by atoms with Crippen molar-refractivity contribution in [1.82, 2.24) is 0 Å². The number of rotatable bonds is 6. The smallest absolute Gasteiger partial charge is 0.169 e. The summed E-state index contributed by atoms with van der Waals surface area (Å²) >= 11 is 0. The highest BCUT2D eigenvalue weighted by atomic mass is 16.1. The number of Topliss-reactive ketones (excluding diaryl/α,β-unsaturated/α-hetero) is 1. The molecule has 0 heterocycles. The lowest BCUT2D eigenvalue weighted by Gasteiger charge is -2.33. The normalized spacial score (nSPS) is 18.0. The van der Waals surface area contributed by atoms with E-state index in [1.165, 1.54) is 16.7 Å². The third-order valence-electron chi connectivity index (χ3n) is 6.01. The van der Waals surface area contributed by atoms with Gasteiger partial charge in [-0.2, -0.15) is 0 Å². The molecule has 1 unspecified atom stereocenters. The lowest BCUT2D eigenvalue weighted by atomic mass is 9.69. The molecule has 0 N–H and O–H groups in total. The van der Waals surface area contributed by atoms with E-state index < -0.39 is 0 Å². The SMILES string of the molecule is C=CC(C)(CCc1ccccc1)Cc1cccc2c1C(=O)C(C)(C)CC2. The fourth-order valence-electron chi connectivity index (χ4n) is 3.97. The van der Waals surface area contributed by atoms with E-state index >= 15 is 0 Å². The van der Waals surface area contributed by atoms with E-state index in [9.17, 15) is 4.79 Å². The number of carbonyl (C=O) groups excluding carboxylic acids is 1. The molecule has 0 bridgehead atoms. The number of hydrogen-bond acceptors (Lipinski definition) is 1. The van der Waals surface area contributed by atoms with Crippen molar-refractivity contribution in [3.8, 4) is 0 Å². The standard InChI is InChI=1S/C25H30O/c1-5-25(4,17-14-19-10-7-6-8-11-19)18-21-13-9-12-20-15-16-24(2,3)23(26)22(20)21/h5-13H,1,14-18H2,2-4H3. The quantitative estimate of drug-likeness (QED) is 0.568. The molecule has 136 valence electrons. The van der Waals surface area contributed by atoms with Gasteiger partial charge in [0.25, 0.3) is 0 Å². The van der Waals surface area contributed by atoms with Gasteiger partial charge < -0.3 is 0 Å².